The van der Waals surface area contributed by atoms with E-state index in [2.05, 4.69) is 0 Å². The van der Waals surface area contributed by atoms with Gasteiger partial charge in [-0.1, -0.05) is 12.1 Å². The lowest BCUT2D eigenvalue weighted by Crippen LogP contribution is -2.31. The first-order chi connectivity index (χ1) is 8.94. The van der Waals surface area contributed by atoms with E-state index in [1.165, 1.54) is 19.8 Å². The number of hydrogen-bond donors (Lipinski definition) is 2. The molecule has 0 fully saturated rings. The van der Waals surface area contributed by atoms with Gasteiger partial charge in [0.2, 0.25) is 0 Å². The van der Waals surface area contributed by atoms with Crippen LogP contribution in [-0.4, -0.2) is 24.0 Å². The Morgan fingerprint density at radius 2 is 1.68 bits per heavy atom. The van der Waals surface area contributed by atoms with Crippen molar-refractivity contribution in [2.75, 3.05) is 14.2 Å². The van der Waals surface area contributed by atoms with Gasteiger partial charge in [0, 0.05) is 19.8 Å². The van der Waals surface area contributed by atoms with Crippen molar-refractivity contribution in [3.8, 4) is 0 Å². The third-order valence-electron chi connectivity index (χ3n) is 3.65. The van der Waals surface area contributed by atoms with Crippen LogP contribution in [-0.2, 0) is 32.4 Å². The van der Waals surface area contributed by atoms with Crippen LogP contribution in [0.3, 0.4) is 0 Å². The first kappa shape index (κ1) is 14.7. The normalized spacial score (nSPS) is 16.2. The summed E-state index contributed by atoms with van der Waals surface area (Å²) < 4.78 is 21.8. The molecule has 0 heterocycles. The van der Waals surface area contributed by atoms with Gasteiger partial charge >= 0.3 is 7.60 Å². The van der Waals surface area contributed by atoms with E-state index in [1.54, 1.807) is 12.1 Å². The second kappa shape index (κ2) is 5.35. The molecule has 1 aliphatic rings. The Morgan fingerprint density at radius 1 is 1.11 bits per heavy atom. The lowest BCUT2D eigenvalue weighted by molar-refractivity contribution is -0.162. The lowest BCUT2D eigenvalue weighted by atomic mass is 9.90. The Kier molecular flexibility index (Phi) is 4.14. The van der Waals surface area contributed by atoms with Crippen LogP contribution in [0.1, 0.15) is 29.5 Å². The Bertz CT molecular complexity index is 504. The van der Waals surface area contributed by atoms with E-state index in [4.69, 9.17) is 9.47 Å². The largest absolute Gasteiger partial charge is 0.389 e. The predicted molar refractivity (Wildman–Crippen MR) is 70.8 cm³/mol. The molecule has 1 aromatic rings. The van der Waals surface area contributed by atoms with Crippen LogP contribution >= 0.6 is 7.60 Å². The maximum atomic E-state index is 11.7. The topological polar surface area (TPSA) is 76.0 Å². The van der Waals surface area contributed by atoms with Crippen LogP contribution in [0.2, 0.25) is 0 Å². The smallest absolute Gasteiger partial charge is 0.340 e. The number of aryl methyl sites for hydroxylation is 2. The Hall–Kier alpha value is -0.710. The van der Waals surface area contributed by atoms with Crippen molar-refractivity contribution in [2.45, 2.75) is 31.2 Å². The molecule has 0 aromatic heterocycles. The van der Waals surface area contributed by atoms with Gasteiger partial charge in [0.25, 0.3) is 5.53 Å². The Morgan fingerprint density at radius 3 is 2.21 bits per heavy atom. The third kappa shape index (κ3) is 2.49. The number of fused-ring (bicyclic) bond motifs is 1. The fourth-order valence-electron chi connectivity index (χ4n) is 2.65. The van der Waals surface area contributed by atoms with Gasteiger partial charge in [-0.25, -0.2) is 0 Å². The molecule has 5 nitrogen and oxygen atoms in total. The van der Waals surface area contributed by atoms with Gasteiger partial charge in [0.05, 0.1) is 0 Å². The number of ether oxygens (including phenoxy) is 2. The molecule has 0 atom stereocenters. The summed E-state index contributed by atoms with van der Waals surface area (Å²) in [7, 11) is -2.13. The molecule has 106 valence electrons. The van der Waals surface area contributed by atoms with Gasteiger partial charge < -0.3 is 19.3 Å². The quantitative estimate of drug-likeness (QED) is 0.655. The fourth-order valence-corrected chi connectivity index (χ4v) is 3.61. The molecule has 19 heavy (non-hydrogen) atoms. The van der Waals surface area contributed by atoms with Crippen LogP contribution < -0.4 is 0 Å². The van der Waals surface area contributed by atoms with E-state index in [0.29, 0.717) is 5.56 Å². The number of hydrogen-bond acceptors (Lipinski definition) is 3. The van der Waals surface area contributed by atoms with Gasteiger partial charge in [-0.3, -0.25) is 4.57 Å². The highest BCUT2D eigenvalue weighted by molar-refractivity contribution is 7.52. The second-order valence-corrected chi connectivity index (χ2v) is 6.40. The van der Waals surface area contributed by atoms with Crippen LogP contribution in [0.4, 0.5) is 0 Å². The molecule has 0 saturated carbocycles. The highest BCUT2D eigenvalue weighted by atomic mass is 31.2. The van der Waals surface area contributed by atoms with Crippen molar-refractivity contribution in [3.05, 3.63) is 34.9 Å². The average molecular weight is 286 g/mol. The molecule has 1 aromatic carbocycles. The molecule has 0 radical (unpaired) electrons. The molecular weight excluding hydrogens is 267 g/mol. The standard InChI is InChI=1S/C13H19O5P/c1-17-13(18-2,19(14,15)16)12-8-7-10-5-3-4-6-11(10)9-12/h7-9H,3-6H2,1-2H3,(H2,14,15,16). The summed E-state index contributed by atoms with van der Waals surface area (Å²) in [5.41, 5.74) is 0.711. The maximum absolute atomic E-state index is 11.7. The highest BCUT2D eigenvalue weighted by Crippen LogP contribution is 2.58. The van der Waals surface area contributed by atoms with E-state index in [9.17, 15) is 14.4 Å². The van der Waals surface area contributed by atoms with Crippen molar-refractivity contribution < 1.29 is 23.8 Å². The zero-order valence-corrected chi connectivity index (χ0v) is 12.0. The molecule has 0 bridgehead atoms. The van der Waals surface area contributed by atoms with Gasteiger partial charge in [-0.05, 0) is 42.9 Å². The summed E-state index contributed by atoms with van der Waals surface area (Å²) in [5, 5.41) is 0. The molecule has 1 aliphatic carbocycles. The third-order valence-corrected chi connectivity index (χ3v) is 5.04. The van der Waals surface area contributed by atoms with Crippen molar-refractivity contribution >= 4 is 7.60 Å². The second-order valence-electron chi connectivity index (χ2n) is 4.72. The summed E-state index contributed by atoms with van der Waals surface area (Å²) >= 11 is 0. The summed E-state index contributed by atoms with van der Waals surface area (Å²) in [6, 6.07) is 5.38. The van der Waals surface area contributed by atoms with Crippen molar-refractivity contribution in [1.82, 2.24) is 0 Å². The molecule has 0 amide bonds. The van der Waals surface area contributed by atoms with E-state index in [-0.39, 0.29) is 0 Å². The molecule has 2 N–H and O–H groups in total. The van der Waals surface area contributed by atoms with Crippen LogP contribution in [0.5, 0.6) is 0 Å². The first-order valence-corrected chi connectivity index (χ1v) is 7.84. The van der Waals surface area contributed by atoms with Crippen LogP contribution in [0, 0.1) is 0 Å². The minimum atomic E-state index is -4.61. The molecule has 6 heteroatoms. The zero-order valence-electron chi connectivity index (χ0n) is 11.1. The van der Waals surface area contributed by atoms with E-state index >= 15 is 0 Å². The number of benzene rings is 1. The van der Waals surface area contributed by atoms with Gasteiger partial charge in [0.15, 0.2) is 0 Å². The van der Waals surface area contributed by atoms with E-state index in [0.717, 1.165) is 31.2 Å². The summed E-state index contributed by atoms with van der Waals surface area (Å²) in [5.74, 6) is 0. The molecule has 0 aliphatic heterocycles. The maximum Gasteiger partial charge on any atom is 0.389 e. The summed E-state index contributed by atoms with van der Waals surface area (Å²) in [6.07, 6.45) is 4.19. The summed E-state index contributed by atoms with van der Waals surface area (Å²) in [6.45, 7) is 0. The fraction of sp³-hybridized carbons (Fsp3) is 0.538. The average Bonchev–Trinajstić information content (AvgIpc) is 2.39. The van der Waals surface area contributed by atoms with Gasteiger partial charge in [-0.2, -0.15) is 0 Å². The van der Waals surface area contributed by atoms with Crippen molar-refractivity contribution in [1.29, 1.82) is 0 Å². The van der Waals surface area contributed by atoms with Gasteiger partial charge in [0.1, 0.15) is 0 Å². The summed E-state index contributed by atoms with van der Waals surface area (Å²) in [4.78, 5) is 19.1. The molecular formula is C13H19O5P. The molecule has 0 unspecified atom stereocenters. The van der Waals surface area contributed by atoms with E-state index < -0.39 is 13.1 Å². The Balaban J connectivity index is 2.52. The monoisotopic (exact) mass is 286 g/mol. The van der Waals surface area contributed by atoms with E-state index in [1.807, 2.05) is 6.07 Å². The minimum absolute atomic E-state index is 0.367. The first-order valence-electron chi connectivity index (χ1n) is 6.23. The Labute approximate surface area is 112 Å². The van der Waals surface area contributed by atoms with Crippen LogP contribution in [0.15, 0.2) is 18.2 Å². The highest BCUT2D eigenvalue weighted by Gasteiger charge is 2.50. The van der Waals surface area contributed by atoms with Crippen molar-refractivity contribution in [3.63, 3.8) is 0 Å². The molecule has 0 saturated heterocycles. The minimum Gasteiger partial charge on any atom is -0.340 e. The number of methoxy groups -OCH3 is 2. The molecule has 0 spiro atoms. The predicted octanol–water partition coefficient (Wildman–Crippen LogP) is 2.15. The van der Waals surface area contributed by atoms with Gasteiger partial charge in [-0.15, -0.1) is 0 Å². The van der Waals surface area contributed by atoms with Crippen LogP contribution in [0.25, 0.3) is 0 Å². The molecule has 2 rings (SSSR count). The number of rotatable bonds is 4. The van der Waals surface area contributed by atoms with Crippen molar-refractivity contribution in [2.24, 2.45) is 0 Å². The lowest BCUT2D eigenvalue weighted by Gasteiger charge is -2.32. The SMILES string of the molecule is COC(OC)(c1ccc2c(c1)CCCC2)P(=O)(O)O. The zero-order chi connectivity index (χ0) is 14.1.